The number of hydrogen-bond acceptors (Lipinski definition) is 4. The standard InChI is InChI=1S/C2H6O2.C2H4O2.CH4.H2/c2*3-1-2-4;;/h3-4H,1-2H2;1,4H,2H2;1H4;1H. The molecule has 0 saturated heterocycles. The molecule has 0 fully saturated rings. The van der Waals surface area contributed by atoms with Gasteiger partial charge in [-0.1, -0.05) is 7.43 Å². The fourth-order valence-electron chi connectivity index (χ4n) is 0. The molecule has 0 saturated carbocycles. The Bertz CT molecular complexity index is 40.6. The molecule has 0 radical (unpaired) electrons. The van der Waals surface area contributed by atoms with E-state index in [1.54, 1.807) is 0 Å². The molecule has 0 aliphatic rings. The Balaban J connectivity index is -0.0000000300. The highest BCUT2D eigenvalue weighted by Crippen LogP contribution is 1.39. The maximum Gasteiger partial charge on any atom is 0.145 e. The molecule has 4 heteroatoms. The molecule has 60 valence electrons. The van der Waals surface area contributed by atoms with E-state index in [1.807, 2.05) is 0 Å². The van der Waals surface area contributed by atoms with Gasteiger partial charge in [0.15, 0.2) is 0 Å². The first kappa shape index (κ1) is 15.8. The molecule has 0 atom stereocenters. The first-order chi connectivity index (χ1) is 3.83. The smallest absolute Gasteiger partial charge is 0.145 e. The van der Waals surface area contributed by atoms with Crippen LogP contribution in [0, 0.1) is 0 Å². The second-order valence-electron chi connectivity index (χ2n) is 0.796. The van der Waals surface area contributed by atoms with Crippen LogP contribution in [0.25, 0.3) is 0 Å². The van der Waals surface area contributed by atoms with Crippen molar-refractivity contribution >= 4 is 6.29 Å². The summed E-state index contributed by atoms with van der Waals surface area (Å²) in [7, 11) is 0. The van der Waals surface area contributed by atoms with Crippen molar-refractivity contribution < 1.29 is 21.5 Å². The van der Waals surface area contributed by atoms with Gasteiger partial charge in [-0.05, 0) is 0 Å². The Labute approximate surface area is 56.2 Å². The van der Waals surface area contributed by atoms with Gasteiger partial charge in [0.2, 0.25) is 0 Å². The van der Waals surface area contributed by atoms with Crippen molar-refractivity contribution in [1.82, 2.24) is 0 Å². The van der Waals surface area contributed by atoms with Crippen LogP contribution in [-0.2, 0) is 4.79 Å². The fraction of sp³-hybridized carbons (Fsp3) is 0.800. The summed E-state index contributed by atoms with van der Waals surface area (Å²) >= 11 is 0. The van der Waals surface area contributed by atoms with Gasteiger partial charge < -0.3 is 20.1 Å². The molecular formula is C5H16O4. The van der Waals surface area contributed by atoms with Crippen LogP contribution in [0.1, 0.15) is 8.85 Å². The minimum absolute atomic E-state index is 0. The van der Waals surface area contributed by atoms with E-state index in [0.29, 0.717) is 6.29 Å². The van der Waals surface area contributed by atoms with E-state index in [-0.39, 0.29) is 28.7 Å². The Hall–Kier alpha value is -0.450. The lowest BCUT2D eigenvalue weighted by Crippen LogP contribution is -1.85. The highest BCUT2D eigenvalue weighted by atomic mass is 16.3. The molecule has 0 aromatic carbocycles. The van der Waals surface area contributed by atoms with Crippen molar-refractivity contribution in [3.8, 4) is 0 Å². The summed E-state index contributed by atoms with van der Waals surface area (Å²) in [4.78, 5) is 8.92. The SMILES string of the molecule is C.O=CCO.OCCO.[HH]. The third kappa shape index (κ3) is 96.8. The summed E-state index contributed by atoms with van der Waals surface area (Å²) in [6.07, 6.45) is 0.431. The molecule has 0 amide bonds. The molecule has 4 nitrogen and oxygen atoms in total. The highest BCUT2D eigenvalue weighted by Gasteiger charge is 1.58. The number of aliphatic hydroxyl groups is 3. The van der Waals surface area contributed by atoms with Crippen LogP contribution in [0.2, 0.25) is 0 Å². The van der Waals surface area contributed by atoms with Gasteiger partial charge in [0, 0.05) is 1.43 Å². The van der Waals surface area contributed by atoms with Gasteiger partial charge in [0.05, 0.1) is 19.8 Å². The Morgan fingerprint density at radius 2 is 1.44 bits per heavy atom. The van der Waals surface area contributed by atoms with E-state index in [0.717, 1.165) is 0 Å². The van der Waals surface area contributed by atoms with Gasteiger partial charge >= 0.3 is 0 Å². The van der Waals surface area contributed by atoms with Crippen molar-refractivity contribution in [2.24, 2.45) is 0 Å². The molecule has 0 spiro atoms. The van der Waals surface area contributed by atoms with Gasteiger partial charge in [-0.2, -0.15) is 0 Å². The van der Waals surface area contributed by atoms with Crippen molar-refractivity contribution in [2.75, 3.05) is 19.8 Å². The average Bonchev–Trinajstić information content (AvgIpc) is 1.88. The first-order valence-electron chi connectivity index (χ1n) is 2.09. The first-order valence-corrected chi connectivity index (χ1v) is 2.09. The summed E-state index contributed by atoms with van der Waals surface area (Å²) in [5.74, 6) is 0. The summed E-state index contributed by atoms with van der Waals surface area (Å²) in [6.45, 7) is -0.611. The van der Waals surface area contributed by atoms with E-state index in [1.165, 1.54) is 0 Å². The summed E-state index contributed by atoms with van der Waals surface area (Å²) < 4.78 is 0. The Morgan fingerprint density at radius 3 is 1.44 bits per heavy atom. The van der Waals surface area contributed by atoms with Crippen LogP contribution in [0.4, 0.5) is 0 Å². The summed E-state index contributed by atoms with van der Waals surface area (Å²) in [5.41, 5.74) is 0. The monoisotopic (exact) mass is 140 g/mol. The number of carbonyl (C=O) groups is 1. The quantitative estimate of drug-likeness (QED) is 0.431. The van der Waals surface area contributed by atoms with Gasteiger partial charge in [0.25, 0.3) is 0 Å². The minimum atomic E-state index is -0.361. The predicted molar refractivity (Wildman–Crippen MR) is 36.2 cm³/mol. The number of rotatable bonds is 2. The van der Waals surface area contributed by atoms with E-state index in [4.69, 9.17) is 20.1 Å². The molecule has 0 bridgehead atoms. The predicted octanol–water partition coefficient (Wildman–Crippen LogP) is -0.969. The topological polar surface area (TPSA) is 77.8 Å². The van der Waals surface area contributed by atoms with Crippen molar-refractivity contribution in [3.05, 3.63) is 0 Å². The number of aldehydes is 1. The second-order valence-corrected chi connectivity index (χ2v) is 0.796. The number of carbonyl (C=O) groups excluding carboxylic acids is 1. The van der Waals surface area contributed by atoms with Gasteiger partial charge in [0.1, 0.15) is 6.29 Å². The molecule has 0 rings (SSSR count). The van der Waals surface area contributed by atoms with E-state index in [9.17, 15) is 0 Å². The Kier molecular flexibility index (Phi) is 45.2. The Morgan fingerprint density at radius 1 is 1.22 bits per heavy atom. The molecular weight excluding hydrogens is 124 g/mol. The lowest BCUT2D eigenvalue weighted by molar-refractivity contribution is -0.110. The van der Waals surface area contributed by atoms with Crippen LogP contribution in [0.15, 0.2) is 0 Å². The largest absolute Gasteiger partial charge is 0.394 e. The number of hydrogen-bond donors (Lipinski definition) is 3. The lowest BCUT2D eigenvalue weighted by Gasteiger charge is -1.70. The molecule has 3 N–H and O–H groups in total. The molecule has 0 heterocycles. The molecule has 9 heavy (non-hydrogen) atoms. The second kappa shape index (κ2) is 25.7. The molecule has 0 aliphatic carbocycles. The maximum absolute atomic E-state index is 8.92. The van der Waals surface area contributed by atoms with Crippen LogP contribution in [-0.4, -0.2) is 41.4 Å². The zero-order chi connectivity index (χ0) is 6.83. The van der Waals surface area contributed by atoms with E-state index < -0.39 is 0 Å². The lowest BCUT2D eigenvalue weighted by atomic mass is 10.8. The van der Waals surface area contributed by atoms with Crippen LogP contribution in [0.5, 0.6) is 0 Å². The van der Waals surface area contributed by atoms with Crippen LogP contribution in [0.3, 0.4) is 0 Å². The molecule has 0 aromatic heterocycles. The van der Waals surface area contributed by atoms with Crippen LogP contribution >= 0.6 is 0 Å². The van der Waals surface area contributed by atoms with Gasteiger partial charge in [-0.15, -0.1) is 0 Å². The van der Waals surface area contributed by atoms with E-state index in [2.05, 4.69) is 0 Å². The normalized spacial score (nSPS) is 6.11. The van der Waals surface area contributed by atoms with Crippen molar-refractivity contribution in [1.29, 1.82) is 0 Å². The van der Waals surface area contributed by atoms with E-state index >= 15 is 0 Å². The summed E-state index contributed by atoms with van der Waals surface area (Å²) in [6, 6.07) is 0. The molecule has 0 aliphatic heterocycles. The maximum atomic E-state index is 8.92. The third-order valence-corrected chi connectivity index (χ3v) is 0.175. The minimum Gasteiger partial charge on any atom is -0.394 e. The highest BCUT2D eigenvalue weighted by molar-refractivity contribution is 5.49. The summed E-state index contributed by atoms with van der Waals surface area (Å²) in [5, 5.41) is 22.8. The zero-order valence-corrected chi connectivity index (χ0v) is 4.45. The average molecular weight is 140 g/mol. The van der Waals surface area contributed by atoms with Crippen LogP contribution < -0.4 is 0 Å². The fourth-order valence-corrected chi connectivity index (χ4v) is 0. The molecule has 0 unspecified atom stereocenters. The zero-order valence-electron chi connectivity index (χ0n) is 4.45. The van der Waals surface area contributed by atoms with Gasteiger partial charge in [-0.3, -0.25) is 0 Å². The van der Waals surface area contributed by atoms with Gasteiger partial charge in [-0.25, -0.2) is 0 Å². The molecule has 0 aromatic rings. The van der Waals surface area contributed by atoms with Crippen molar-refractivity contribution in [2.45, 2.75) is 7.43 Å². The van der Waals surface area contributed by atoms with Crippen molar-refractivity contribution in [3.63, 3.8) is 0 Å². The number of aliphatic hydroxyl groups excluding tert-OH is 3. The third-order valence-electron chi connectivity index (χ3n) is 0.175.